The molecular formula is C23H30N2O4S. The molecule has 0 bridgehead atoms. The van der Waals surface area contributed by atoms with E-state index in [1.54, 1.807) is 35.7 Å². The highest BCUT2D eigenvalue weighted by Gasteiger charge is 2.26. The number of nitrogens with one attached hydrogen (secondary N) is 1. The van der Waals surface area contributed by atoms with Crippen LogP contribution < -0.4 is 10.1 Å². The van der Waals surface area contributed by atoms with Gasteiger partial charge < -0.3 is 10.1 Å². The van der Waals surface area contributed by atoms with E-state index in [4.69, 9.17) is 4.74 Å². The average Bonchev–Trinajstić information content (AvgIpc) is 3.32. The number of carbonyl (C=O) groups excluding carboxylic acids is 1. The van der Waals surface area contributed by atoms with Gasteiger partial charge >= 0.3 is 0 Å². The summed E-state index contributed by atoms with van der Waals surface area (Å²) < 4.78 is 31.8. The highest BCUT2D eigenvalue weighted by molar-refractivity contribution is 7.89. The van der Waals surface area contributed by atoms with Gasteiger partial charge in [-0.05, 0) is 67.5 Å². The number of benzene rings is 2. The van der Waals surface area contributed by atoms with E-state index < -0.39 is 10.0 Å². The molecule has 0 radical (unpaired) electrons. The smallest absolute Gasteiger partial charge is 0.243 e. The molecule has 0 saturated carbocycles. The molecule has 1 saturated heterocycles. The van der Waals surface area contributed by atoms with Crippen molar-refractivity contribution in [3.05, 3.63) is 59.7 Å². The molecule has 1 aliphatic rings. The Bertz CT molecular complexity index is 919. The number of aryl methyl sites for hydroxylation is 2. The lowest BCUT2D eigenvalue weighted by molar-refractivity contribution is -0.121. The van der Waals surface area contributed by atoms with Crippen molar-refractivity contribution in [3.63, 3.8) is 0 Å². The SMILES string of the molecule is COc1ccc(CCCNC(=O)CCc2ccc(S(=O)(=O)N3CCCC3)cc2)cc1. The van der Waals surface area contributed by atoms with Crippen LogP contribution in [0.15, 0.2) is 53.4 Å². The second kappa shape index (κ2) is 10.6. The second-order valence-corrected chi connectivity index (χ2v) is 9.49. The third-order valence-corrected chi connectivity index (χ3v) is 7.30. The van der Waals surface area contributed by atoms with Crippen molar-refractivity contribution in [1.82, 2.24) is 9.62 Å². The monoisotopic (exact) mass is 430 g/mol. The van der Waals surface area contributed by atoms with Crippen LogP contribution in [0.25, 0.3) is 0 Å². The standard InChI is InChI=1S/C23H30N2O4S/c1-29-21-11-6-19(7-12-21)5-4-16-24-23(26)15-10-20-8-13-22(14-9-20)30(27,28)25-17-2-3-18-25/h6-9,11-14H,2-5,10,15-18H2,1H3,(H,24,26). The van der Waals surface area contributed by atoms with Gasteiger partial charge in [0.25, 0.3) is 0 Å². The first-order valence-corrected chi connectivity index (χ1v) is 11.9. The minimum atomic E-state index is -3.38. The normalized spacial score (nSPS) is 14.6. The lowest BCUT2D eigenvalue weighted by Gasteiger charge is -2.15. The largest absolute Gasteiger partial charge is 0.497 e. The van der Waals surface area contributed by atoms with Crippen molar-refractivity contribution in [1.29, 1.82) is 0 Å². The van der Waals surface area contributed by atoms with Crippen molar-refractivity contribution in [3.8, 4) is 5.75 Å². The Labute approximate surface area is 179 Å². The number of carbonyl (C=O) groups is 1. The van der Waals surface area contributed by atoms with Crippen molar-refractivity contribution in [2.75, 3.05) is 26.7 Å². The minimum absolute atomic E-state index is 0.0125. The van der Waals surface area contributed by atoms with E-state index in [2.05, 4.69) is 5.32 Å². The fraction of sp³-hybridized carbons (Fsp3) is 0.435. The van der Waals surface area contributed by atoms with Crippen molar-refractivity contribution in [2.45, 2.75) is 43.4 Å². The summed E-state index contributed by atoms with van der Waals surface area (Å²) in [5.41, 5.74) is 2.18. The summed E-state index contributed by atoms with van der Waals surface area (Å²) in [7, 11) is -1.73. The minimum Gasteiger partial charge on any atom is -0.497 e. The second-order valence-electron chi connectivity index (χ2n) is 7.56. The summed E-state index contributed by atoms with van der Waals surface area (Å²) in [5.74, 6) is 0.854. The van der Waals surface area contributed by atoms with Gasteiger partial charge in [-0.25, -0.2) is 8.42 Å². The van der Waals surface area contributed by atoms with Crippen LogP contribution in [0.4, 0.5) is 0 Å². The fourth-order valence-electron chi connectivity index (χ4n) is 3.56. The van der Waals surface area contributed by atoms with Crippen LogP contribution in [0.3, 0.4) is 0 Å². The maximum Gasteiger partial charge on any atom is 0.243 e. The molecule has 0 aromatic heterocycles. The van der Waals surface area contributed by atoms with Gasteiger partial charge in [-0.1, -0.05) is 24.3 Å². The predicted octanol–water partition coefficient (Wildman–Crippen LogP) is 3.16. The molecule has 6 nitrogen and oxygen atoms in total. The first kappa shape index (κ1) is 22.3. The van der Waals surface area contributed by atoms with Gasteiger partial charge in [-0.15, -0.1) is 0 Å². The summed E-state index contributed by atoms with van der Waals surface area (Å²) in [6, 6.07) is 14.9. The molecule has 1 N–H and O–H groups in total. The van der Waals surface area contributed by atoms with Crippen LogP contribution in [0.5, 0.6) is 5.75 Å². The van der Waals surface area contributed by atoms with Crippen molar-refractivity contribution in [2.24, 2.45) is 0 Å². The quantitative estimate of drug-likeness (QED) is 0.588. The Morgan fingerprint density at radius 3 is 2.20 bits per heavy atom. The zero-order chi connectivity index (χ0) is 21.4. The molecule has 2 aromatic rings. The van der Waals surface area contributed by atoms with Gasteiger partial charge in [0.2, 0.25) is 15.9 Å². The van der Waals surface area contributed by atoms with E-state index in [9.17, 15) is 13.2 Å². The highest BCUT2D eigenvalue weighted by Crippen LogP contribution is 2.21. The number of ether oxygens (including phenoxy) is 1. The third kappa shape index (κ3) is 6.06. The zero-order valence-corrected chi connectivity index (χ0v) is 18.3. The Balaban J connectivity index is 1.38. The number of methoxy groups -OCH3 is 1. The molecule has 0 unspecified atom stereocenters. The summed E-state index contributed by atoms with van der Waals surface area (Å²) in [4.78, 5) is 12.4. The van der Waals surface area contributed by atoms with Crippen LogP contribution in [0, 0.1) is 0 Å². The highest BCUT2D eigenvalue weighted by atomic mass is 32.2. The molecule has 0 atom stereocenters. The number of amides is 1. The van der Waals surface area contributed by atoms with E-state index in [0.717, 1.165) is 37.0 Å². The Morgan fingerprint density at radius 2 is 1.57 bits per heavy atom. The molecule has 1 heterocycles. The molecular weight excluding hydrogens is 400 g/mol. The van der Waals surface area contributed by atoms with Gasteiger partial charge in [0.05, 0.1) is 12.0 Å². The van der Waals surface area contributed by atoms with E-state index in [1.807, 2.05) is 24.3 Å². The first-order valence-electron chi connectivity index (χ1n) is 10.5. The topological polar surface area (TPSA) is 75.7 Å². The molecule has 3 rings (SSSR count). The molecule has 1 amide bonds. The van der Waals surface area contributed by atoms with Crippen molar-refractivity contribution < 1.29 is 17.9 Å². The fourth-order valence-corrected chi connectivity index (χ4v) is 5.08. The molecule has 162 valence electrons. The molecule has 1 fully saturated rings. The summed E-state index contributed by atoms with van der Waals surface area (Å²) in [6.07, 6.45) is 4.60. The predicted molar refractivity (Wildman–Crippen MR) is 117 cm³/mol. The average molecular weight is 431 g/mol. The first-order chi connectivity index (χ1) is 14.5. The lowest BCUT2D eigenvalue weighted by atomic mass is 10.1. The molecule has 1 aliphatic heterocycles. The van der Waals surface area contributed by atoms with Gasteiger partial charge in [-0.2, -0.15) is 4.31 Å². The lowest BCUT2D eigenvalue weighted by Crippen LogP contribution is -2.27. The Morgan fingerprint density at radius 1 is 0.967 bits per heavy atom. The number of rotatable bonds is 10. The maximum atomic E-state index is 12.5. The van der Waals surface area contributed by atoms with Gasteiger partial charge in [0, 0.05) is 26.1 Å². The molecule has 30 heavy (non-hydrogen) atoms. The van der Waals surface area contributed by atoms with Crippen LogP contribution in [-0.2, 0) is 27.7 Å². The van der Waals surface area contributed by atoms with Crippen LogP contribution in [-0.4, -0.2) is 45.4 Å². The van der Waals surface area contributed by atoms with E-state index in [-0.39, 0.29) is 5.91 Å². The molecule has 0 aliphatic carbocycles. The number of hydrogen-bond acceptors (Lipinski definition) is 4. The summed E-state index contributed by atoms with van der Waals surface area (Å²) in [6.45, 7) is 1.84. The summed E-state index contributed by atoms with van der Waals surface area (Å²) >= 11 is 0. The van der Waals surface area contributed by atoms with E-state index in [1.165, 1.54) is 5.56 Å². The Hall–Kier alpha value is -2.38. The van der Waals surface area contributed by atoms with Gasteiger partial charge in [0.1, 0.15) is 5.75 Å². The van der Waals surface area contributed by atoms with Gasteiger partial charge in [-0.3, -0.25) is 4.79 Å². The molecule has 0 spiro atoms. The van der Waals surface area contributed by atoms with Crippen molar-refractivity contribution >= 4 is 15.9 Å². The molecule has 2 aromatic carbocycles. The number of hydrogen-bond donors (Lipinski definition) is 1. The van der Waals surface area contributed by atoms with Crippen LogP contribution in [0.2, 0.25) is 0 Å². The molecule has 7 heteroatoms. The number of sulfonamides is 1. The zero-order valence-electron chi connectivity index (χ0n) is 17.5. The van der Waals surface area contributed by atoms with Crippen LogP contribution in [0.1, 0.15) is 36.8 Å². The number of nitrogens with zero attached hydrogens (tertiary/aromatic N) is 1. The third-order valence-electron chi connectivity index (χ3n) is 5.39. The Kier molecular flexibility index (Phi) is 7.87. The summed E-state index contributed by atoms with van der Waals surface area (Å²) in [5, 5.41) is 2.95. The maximum absolute atomic E-state index is 12.5. The van der Waals surface area contributed by atoms with E-state index in [0.29, 0.717) is 37.4 Å². The van der Waals surface area contributed by atoms with E-state index >= 15 is 0 Å². The van der Waals surface area contributed by atoms with Gasteiger partial charge in [0.15, 0.2) is 0 Å². The van der Waals surface area contributed by atoms with Crippen LogP contribution >= 0.6 is 0 Å².